The molecule has 0 unspecified atom stereocenters. The van der Waals surface area contributed by atoms with Gasteiger partial charge in [-0.1, -0.05) is 0 Å². The number of halogens is 3. The number of nitrogens with zero attached hydrogens (tertiary/aromatic N) is 2. The highest BCUT2D eigenvalue weighted by Crippen LogP contribution is 2.19. The first kappa shape index (κ1) is 13.8. The van der Waals surface area contributed by atoms with Crippen molar-refractivity contribution in [2.75, 3.05) is 25.9 Å². The summed E-state index contributed by atoms with van der Waals surface area (Å²) in [6.45, 7) is 0.561. The molecule has 3 nitrogen and oxygen atoms in total. The Hall–Kier alpha value is -1.30. The monoisotopic (exact) mass is 247 g/mol. The Kier molecular flexibility index (Phi) is 4.74. The van der Waals surface area contributed by atoms with Crippen molar-refractivity contribution in [1.29, 1.82) is 0 Å². The Labute approximate surface area is 98.4 Å². The van der Waals surface area contributed by atoms with E-state index in [0.717, 1.165) is 5.69 Å². The van der Waals surface area contributed by atoms with Gasteiger partial charge in [0.2, 0.25) is 0 Å². The fraction of sp³-hybridized carbons (Fsp3) is 0.545. The Balaban J connectivity index is 2.28. The van der Waals surface area contributed by atoms with Crippen molar-refractivity contribution in [3.8, 4) is 0 Å². The molecule has 1 rings (SSSR count). The molecule has 0 saturated carbocycles. The van der Waals surface area contributed by atoms with E-state index >= 15 is 0 Å². The zero-order valence-electron chi connectivity index (χ0n) is 9.67. The molecule has 0 aliphatic rings. The van der Waals surface area contributed by atoms with Crippen LogP contribution in [0.5, 0.6) is 0 Å². The zero-order valence-corrected chi connectivity index (χ0v) is 9.67. The van der Waals surface area contributed by atoms with Crippen molar-refractivity contribution < 1.29 is 13.2 Å². The maximum atomic E-state index is 12.0. The van der Waals surface area contributed by atoms with Gasteiger partial charge in [-0.2, -0.15) is 13.2 Å². The minimum absolute atomic E-state index is 0.0124. The molecule has 0 aliphatic carbocycles. The highest BCUT2D eigenvalue weighted by atomic mass is 19.4. The average Bonchev–Trinajstić information content (AvgIpc) is 2.25. The lowest BCUT2D eigenvalue weighted by Crippen LogP contribution is -2.26. The molecule has 0 spiro atoms. The third kappa shape index (κ3) is 6.11. The van der Waals surface area contributed by atoms with E-state index in [-0.39, 0.29) is 6.54 Å². The van der Waals surface area contributed by atoms with E-state index < -0.39 is 12.6 Å². The van der Waals surface area contributed by atoms with Gasteiger partial charge in [0, 0.05) is 25.2 Å². The third-order valence-electron chi connectivity index (χ3n) is 2.37. The van der Waals surface area contributed by atoms with Crippen LogP contribution in [0.2, 0.25) is 0 Å². The van der Waals surface area contributed by atoms with Crippen LogP contribution in [0.1, 0.15) is 12.1 Å². The van der Waals surface area contributed by atoms with Gasteiger partial charge < -0.3 is 10.6 Å². The fourth-order valence-electron chi connectivity index (χ4n) is 1.32. The number of nitrogens with two attached hydrogens (primary N) is 1. The molecule has 0 fully saturated rings. The highest BCUT2D eigenvalue weighted by Gasteiger charge is 2.26. The van der Waals surface area contributed by atoms with Gasteiger partial charge in [-0.05, 0) is 19.2 Å². The lowest BCUT2D eigenvalue weighted by atomic mass is 10.2. The Morgan fingerprint density at radius 3 is 2.53 bits per heavy atom. The van der Waals surface area contributed by atoms with Crippen LogP contribution in [0.3, 0.4) is 0 Å². The number of alkyl halides is 3. The number of likely N-dealkylation sites (N-methyl/N-ethyl adjacent to an activating group) is 1. The van der Waals surface area contributed by atoms with Crippen molar-refractivity contribution in [1.82, 2.24) is 9.88 Å². The first-order valence-electron chi connectivity index (χ1n) is 5.32. The zero-order chi connectivity index (χ0) is 12.9. The molecule has 1 heterocycles. The molecule has 17 heavy (non-hydrogen) atoms. The molecule has 1 aromatic heterocycles. The number of aromatic nitrogens is 1. The normalized spacial score (nSPS) is 12.1. The van der Waals surface area contributed by atoms with Crippen LogP contribution in [-0.4, -0.2) is 36.2 Å². The smallest absolute Gasteiger partial charge is 0.390 e. The summed E-state index contributed by atoms with van der Waals surface area (Å²) in [7, 11) is 1.67. The molecule has 0 aliphatic heterocycles. The summed E-state index contributed by atoms with van der Waals surface area (Å²) < 4.78 is 35.9. The van der Waals surface area contributed by atoms with Gasteiger partial charge in [0.25, 0.3) is 0 Å². The summed E-state index contributed by atoms with van der Waals surface area (Å²) >= 11 is 0. The Bertz CT molecular complexity index is 335. The minimum atomic E-state index is -4.09. The maximum absolute atomic E-state index is 12.0. The second kappa shape index (κ2) is 5.86. The van der Waals surface area contributed by atoms with Crippen LogP contribution < -0.4 is 5.73 Å². The summed E-state index contributed by atoms with van der Waals surface area (Å²) in [5, 5.41) is 0. The van der Waals surface area contributed by atoms with Crippen molar-refractivity contribution >= 4 is 5.69 Å². The van der Waals surface area contributed by atoms with E-state index in [1.165, 1.54) is 0 Å². The molecule has 96 valence electrons. The van der Waals surface area contributed by atoms with E-state index in [2.05, 4.69) is 4.98 Å². The molecular formula is C11H16F3N3. The lowest BCUT2D eigenvalue weighted by molar-refractivity contribution is -0.137. The van der Waals surface area contributed by atoms with Crippen molar-refractivity contribution in [3.05, 3.63) is 24.0 Å². The molecule has 1 aromatic rings. The van der Waals surface area contributed by atoms with Crippen LogP contribution >= 0.6 is 0 Å². The van der Waals surface area contributed by atoms with Crippen molar-refractivity contribution in [2.24, 2.45) is 0 Å². The fourth-order valence-corrected chi connectivity index (χ4v) is 1.32. The highest BCUT2D eigenvalue weighted by molar-refractivity contribution is 5.34. The van der Waals surface area contributed by atoms with Crippen LogP contribution in [0, 0.1) is 0 Å². The van der Waals surface area contributed by atoms with E-state index in [4.69, 9.17) is 5.73 Å². The lowest BCUT2D eigenvalue weighted by Gasteiger charge is -2.17. The van der Waals surface area contributed by atoms with Gasteiger partial charge in [0.05, 0.1) is 18.3 Å². The van der Waals surface area contributed by atoms with Crippen LogP contribution in [0.25, 0.3) is 0 Å². The number of nitrogen functional groups attached to an aromatic ring is 1. The maximum Gasteiger partial charge on any atom is 0.390 e. The van der Waals surface area contributed by atoms with Gasteiger partial charge in [0.1, 0.15) is 0 Å². The average molecular weight is 247 g/mol. The van der Waals surface area contributed by atoms with E-state index in [9.17, 15) is 13.2 Å². The number of pyridine rings is 1. The molecule has 0 aromatic carbocycles. The molecule has 0 saturated heterocycles. The van der Waals surface area contributed by atoms with Crippen LogP contribution in [-0.2, 0) is 6.42 Å². The predicted molar refractivity (Wildman–Crippen MR) is 60.5 cm³/mol. The van der Waals surface area contributed by atoms with Crippen LogP contribution in [0.4, 0.5) is 18.9 Å². The SMILES string of the molecule is CN(CCc1ccc(N)cn1)CCC(F)(F)F. The topological polar surface area (TPSA) is 42.1 Å². The Morgan fingerprint density at radius 2 is 2.00 bits per heavy atom. The Morgan fingerprint density at radius 1 is 1.29 bits per heavy atom. The van der Waals surface area contributed by atoms with Gasteiger partial charge in [0.15, 0.2) is 0 Å². The van der Waals surface area contributed by atoms with Crippen LogP contribution in [0.15, 0.2) is 18.3 Å². The largest absolute Gasteiger partial charge is 0.397 e. The van der Waals surface area contributed by atoms with Crippen molar-refractivity contribution in [3.63, 3.8) is 0 Å². The summed E-state index contributed by atoms with van der Waals surface area (Å²) in [5.41, 5.74) is 6.89. The summed E-state index contributed by atoms with van der Waals surface area (Å²) in [5.74, 6) is 0. The minimum Gasteiger partial charge on any atom is -0.397 e. The first-order chi connectivity index (χ1) is 7.87. The summed E-state index contributed by atoms with van der Waals surface area (Å²) in [6.07, 6.45) is -2.70. The molecule has 0 bridgehead atoms. The number of hydrogen-bond donors (Lipinski definition) is 1. The molecule has 6 heteroatoms. The van der Waals surface area contributed by atoms with E-state index in [1.807, 2.05) is 0 Å². The van der Waals surface area contributed by atoms with E-state index in [1.54, 1.807) is 30.3 Å². The van der Waals surface area contributed by atoms with Gasteiger partial charge in [-0.25, -0.2) is 0 Å². The van der Waals surface area contributed by atoms with Gasteiger partial charge in [-0.15, -0.1) is 0 Å². The summed E-state index contributed by atoms with van der Waals surface area (Å²) in [4.78, 5) is 5.73. The summed E-state index contributed by atoms with van der Waals surface area (Å²) in [6, 6.07) is 3.52. The standard InChI is InChI=1S/C11H16F3N3/c1-17(7-5-11(12,13)14)6-4-10-3-2-9(15)8-16-10/h2-3,8H,4-7,15H2,1H3. The third-order valence-corrected chi connectivity index (χ3v) is 2.37. The second-order valence-electron chi connectivity index (χ2n) is 4.00. The second-order valence-corrected chi connectivity index (χ2v) is 4.00. The van der Waals surface area contributed by atoms with Gasteiger partial charge >= 0.3 is 6.18 Å². The molecule has 0 radical (unpaired) electrons. The number of anilines is 1. The molecule has 2 N–H and O–H groups in total. The number of hydrogen-bond acceptors (Lipinski definition) is 3. The molecule has 0 amide bonds. The first-order valence-corrected chi connectivity index (χ1v) is 5.32. The molecule has 0 atom stereocenters. The predicted octanol–water partition coefficient (Wildman–Crippen LogP) is 2.09. The molecular weight excluding hydrogens is 231 g/mol. The van der Waals surface area contributed by atoms with E-state index in [0.29, 0.717) is 18.7 Å². The van der Waals surface area contributed by atoms with Gasteiger partial charge in [-0.3, -0.25) is 4.98 Å². The van der Waals surface area contributed by atoms with Crippen molar-refractivity contribution in [2.45, 2.75) is 19.0 Å². The number of rotatable bonds is 5. The quantitative estimate of drug-likeness (QED) is 0.866.